The molecule has 0 saturated carbocycles. The van der Waals surface area contributed by atoms with Crippen LogP contribution >= 0.6 is 0 Å². The molecule has 0 radical (unpaired) electrons. The summed E-state index contributed by atoms with van der Waals surface area (Å²) in [5.74, 6) is 0. The van der Waals surface area contributed by atoms with Gasteiger partial charge >= 0.3 is 0 Å². The van der Waals surface area contributed by atoms with E-state index in [0.717, 1.165) is 0 Å². The van der Waals surface area contributed by atoms with Crippen LogP contribution in [0.3, 0.4) is 0 Å². The quantitative estimate of drug-likeness (QED) is 0.464. The van der Waals surface area contributed by atoms with Gasteiger partial charge in [-0.3, -0.25) is 4.18 Å². The van der Waals surface area contributed by atoms with Crippen LogP contribution in [0.4, 0.5) is 0 Å². The second-order valence-electron chi connectivity index (χ2n) is 2.47. The van der Waals surface area contributed by atoms with Crippen LogP contribution in [-0.2, 0) is 15.2 Å². The Morgan fingerprint density at radius 2 is 1.73 bits per heavy atom. The van der Waals surface area contributed by atoms with E-state index in [9.17, 15) is 8.42 Å². The molecule has 11 heavy (non-hydrogen) atoms. The van der Waals surface area contributed by atoms with Gasteiger partial charge in [-0.15, -0.1) is 0 Å². The van der Waals surface area contributed by atoms with Crippen LogP contribution in [0.25, 0.3) is 0 Å². The zero-order valence-corrected chi connectivity index (χ0v) is 7.45. The highest BCUT2D eigenvalue weighted by atomic mass is 32.2. The third-order valence-corrected chi connectivity index (χ3v) is 1.91. The summed E-state index contributed by atoms with van der Waals surface area (Å²) in [6.45, 7) is 3.27. The lowest BCUT2D eigenvalue weighted by Crippen LogP contribution is -2.47. The summed E-state index contributed by atoms with van der Waals surface area (Å²) in [7, 11) is -2.83. The molecule has 0 aliphatic carbocycles. The van der Waals surface area contributed by atoms with Crippen LogP contribution in [0.15, 0.2) is 0 Å². The summed E-state index contributed by atoms with van der Waals surface area (Å²) in [6, 6.07) is -0.733. The van der Waals surface area contributed by atoms with Gasteiger partial charge in [-0.2, -0.15) is 0 Å². The Morgan fingerprint density at radius 1 is 1.27 bits per heavy atom. The first-order valence-corrected chi connectivity index (χ1v) is 4.37. The zero-order valence-electron chi connectivity index (χ0n) is 6.56. The van der Waals surface area contributed by atoms with E-state index in [1.165, 1.54) is 0 Å². The molecule has 68 valence electrons. The zero-order chi connectivity index (χ0) is 9.02. The van der Waals surface area contributed by atoms with E-state index in [2.05, 4.69) is 4.18 Å². The number of hydrogen-bond donors (Lipinski definition) is 3. The molecule has 0 spiro atoms. The standard InChI is InChI=1S/C5H14N2O3S/c1-3(6)5(7)4(2)10-11(8)9/h3-5,11H,6-7H2,1-2H3. The Balaban J connectivity index is 3.92. The van der Waals surface area contributed by atoms with E-state index < -0.39 is 23.1 Å². The molecule has 0 aromatic rings. The minimum atomic E-state index is -2.83. The molecule has 0 saturated heterocycles. The largest absolute Gasteiger partial charge is 0.326 e. The van der Waals surface area contributed by atoms with Crippen molar-refractivity contribution in [1.29, 1.82) is 0 Å². The predicted molar refractivity (Wildman–Crippen MR) is 42.5 cm³/mol. The van der Waals surface area contributed by atoms with Crippen LogP contribution in [-0.4, -0.2) is 26.6 Å². The van der Waals surface area contributed by atoms with Gasteiger partial charge in [-0.25, -0.2) is 8.42 Å². The van der Waals surface area contributed by atoms with Crippen molar-refractivity contribution in [2.75, 3.05) is 0 Å². The van der Waals surface area contributed by atoms with Gasteiger partial charge in [-0.1, -0.05) is 0 Å². The summed E-state index contributed by atoms with van der Waals surface area (Å²) >= 11 is 0. The molecule has 0 aliphatic rings. The monoisotopic (exact) mass is 182 g/mol. The van der Waals surface area contributed by atoms with Crippen LogP contribution in [0.2, 0.25) is 0 Å². The van der Waals surface area contributed by atoms with Gasteiger partial charge in [0, 0.05) is 12.1 Å². The Labute approximate surface area is 67.9 Å². The topological polar surface area (TPSA) is 95.4 Å². The smallest absolute Gasteiger partial charge is 0.257 e. The highest BCUT2D eigenvalue weighted by Gasteiger charge is 2.17. The molecule has 4 N–H and O–H groups in total. The SMILES string of the molecule is CC(N)C(N)C(C)O[SH](=O)=O. The molecule has 0 rings (SSSR count). The van der Waals surface area contributed by atoms with E-state index in [1.54, 1.807) is 13.8 Å². The molecule has 6 heteroatoms. The first-order valence-electron chi connectivity index (χ1n) is 3.27. The molecular formula is C5H14N2O3S. The lowest BCUT2D eigenvalue weighted by atomic mass is 10.1. The van der Waals surface area contributed by atoms with Crippen molar-refractivity contribution < 1.29 is 12.6 Å². The molecule has 0 aromatic heterocycles. The van der Waals surface area contributed by atoms with Crippen molar-refractivity contribution in [3.8, 4) is 0 Å². The number of rotatable bonds is 4. The molecule has 0 bridgehead atoms. The fourth-order valence-corrected chi connectivity index (χ4v) is 1.05. The normalized spacial score (nSPS) is 19.7. The van der Waals surface area contributed by atoms with Crippen molar-refractivity contribution in [2.24, 2.45) is 11.5 Å². The van der Waals surface area contributed by atoms with Gasteiger partial charge in [0.25, 0.3) is 11.0 Å². The Bertz CT molecular complexity index is 173. The van der Waals surface area contributed by atoms with Gasteiger partial charge < -0.3 is 11.5 Å². The van der Waals surface area contributed by atoms with E-state index in [1.807, 2.05) is 0 Å². The second kappa shape index (κ2) is 4.66. The Hall–Kier alpha value is -0.170. The molecule has 0 heterocycles. The summed E-state index contributed by atoms with van der Waals surface area (Å²) in [5, 5.41) is 0. The fraction of sp³-hybridized carbons (Fsp3) is 1.00. The van der Waals surface area contributed by atoms with Crippen LogP contribution in [0.5, 0.6) is 0 Å². The highest BCUT2D eigenvalue weighted by molar-refractivity contribution is 7.67. The highest BCUT2D eigenvalue weighted by Crippen LogP contribution is 1.98. The van der Waals surface area contributed by atoms with Gasteiger partial charge in [0.05, 0.1) is 6.10 Å². The Kier molecular flexibility index (Phi) is 4.58. The van der Waals surface area contributed by atoms with Crippen LogP contribution in [0, 0.1) is 0 Å². The van der Waals surface area contributed by atoms with Crippen molar-refractivity contribution >= 4 is 11.0 Å². The molecule has 5 nitrogen and oxygen atoms in total. The molecule has 0 amide bonds. The van der Waals surface area contributed by atoms with E-state index in [-0.39, 0.29) is 6.04 Å². The molecule has 3 atom stereocenters. The van der Waals surface area contributed by atoms with Crippen LogP contribution < -0.4 is 11.5 Å². The minimum absolute atomic E-state index is 0.278. The van der Waals surface area contributed by atoms with Crippen molar-refractivity contribution in [2.45, 2.75) is 32.0 Å². The molecule has 3 unspecified atom stereocenters. The maximum absolute atomic E-state index is 10.1. The first-order chi connectivity index (χ1) is 4.95. The maximum atomic E-state index is 10.1. The number of thiol groups is 1. The molecule has 0 aliphatic heterocycles. The average Bonchev–Trinajstić information content (AvgIpc) is 1.84. The number of nitrogens with two attached hydrogens (primary N) is 2. The van der Waals surface area contributed by atoms with Crippen molar-refractivity contribution in [1.82, 2.24) is 0 Å². The summed E-state index contributed by atoms with van der Waals surface area (Å²) in [5.41, 5.74) is 10.9. The maximum Gasteiger partial charge on any atom is 0.257 e. The lowest BCUT2D eigenvalue weighted by molar-refractivity contribution is 0.194. The van der Waals surface area contributed by atoms with E-state index in [0.29, 0.717) is 0 Å². The van der Waals surface area contributed by atoms with E-state index >= 15 is 0 Å². The first kappa shape index (κ1) is 10.8. The molecule has 0 aromatic carbocycles. The number of hydrogen-bond acceptors (Lipinski definition) is 5. The predicted octanol–water partition coefficient (Wildman–Crippen LogP) is -1.41. The second-order valence-corrected chi connectivity index (χ2v) is 3.13. The summed E-state index contributed by atoms with van der Waals surface area (Å²) in [6.07, 6.45) is -0.559. The van der Waals surface area contributed by atoms with Gasteiger partial charge in [0.15, 0.2) is 0 Å². The van der Waals surface area contributed by atoms with Gasteiger partial charge in [0.1, 0.15) is 0 Å². The minimum Gasteiger partial charge on any atom is -0.326 e. The third-order valence-electron chi connectivity index (χ3n) is 1.40. The third kappa shape index (κ3) is 4.31. The van der Waals surface area contributed by atoms with Crippen LogP contribution in [0.1, 0.15) is 13.8 Å². The molecular weight excluding hydrogens is 168 g/mol. The lowest BCUT2D eigenvalue weighted by Gasteiger charge is -2.20. The Morgan fingerprint density at radius 3 is 2.00 bits per heavy atom. The fourth-order valence-electron chi connectivity index (χ4n) is 0.634. The van der Waals surface area contributed by atoms with E-state index in [4.69, 9.17) is 11.5 Å². The van der Waals surface area contributed by atoms with Gasteiger partial charge in [-0.05, 0) is 13.8 Å². The van der Waals surface area contributed by atoms with Gasteiger partial charge in [0.2, 0.25) is 0 Å². The average molecular weight is 182 g/mol. The molecule has 0 fully saturated rings. The van der Waals surface area contributed by atoms with Crippen molar-refractivity contribution in [3.05, 3.63) is 0 Å². The van der Waals surface area contributed by atoms with Crippen molar-refractivity contribution in [3.63, 3.8) is 0 Å². The summed E-state index contributed by atoms with van der Waals surface area (Å²) < 4.78 is 24.5. The summed E-state index contributed by atoms with van der Waals surface area (Å²) in [4.78, 5) is 0.